The Balaban J connectivity index is 2.12. The summed E-state index contributed by atoms with van der Waals surface area (Å²) in [6.45, 7) is -0.204. The second-order valence-corrected chi connectivity index (χ2v) is 5.11. The fraction of sp³-hybridized carbons (Fsp3) is 0.429. The maximum atomic E-state index is 12.5. The normalized spacial score (nSPS) is 18.4. The molecule has 1 aromatic rings. The van der Waals surface area contributed by atoms with Crippen molar-refractivity contribution in [1.82, 2.24) is 4.90 Å². The zero-order valence-electron chi connectivity index (χ0n) is 12.0. The van der Waals surface area contributed by atoms with E-state index in [0.29, 0.717) is 23.2 Å². The summed E-state index contributed by atoms with van der Waals surface area (Å²) in [5.41, 5.74) is 1.01. The van der Waals surface area contributed by atoms with Gasteiger partial charge in [0.05, 0.1) is 18.2 Å². The molecule has 2 rings (SSSR count). The molecule has 1 aromatic carbocycles. The number of halogens is 3. The average Bonchev–Trinajstić information content (AvgIpc) is 2.53. The molecule has 0 saturated carbocycles. The first kappa shape index (κ1) is 17.1. The molecular weight excluding hydrogens is 315 g/mol. The molecule has 1 aliphatic rings. The molecule has 1 atom stereocenters. The second-order valence-electron chi connectivity index (χ2n) is 5.11. The summed E-state index contributed by atoms with van der Waals surface area (Å²) < 4.78 is 43.0. The van der Waals surface area contributed by atoms with E-state index in [1.807, 2.05) is 6.07 Å². The third-order valence-corrected chi connectivity index (χ3v) is 3.47. The molecule has 1 heterocycles. The van der Waals surface area contributed by atoms with E-state index >= 15 is 0 Å². The monoisotopic (exact) mass is 329 g/mol. The number of nitrogens with two attached hydrogens (primary N) is 1. The summed E-state index contributed by atoms with van der Waals surface area (Å²) in [5.74, 6) is -1.77. The number of likely N-dealkylation sites (tertiary alicyclic amines) is 1. The largest absolute Gasteiger partial charge is 0.630 e. The molecular formula is C14H14F3N3O3. The van der Waals surface area contributed by atoms with Crippen LogP contribution in [0.5, 0.6) is 5.75 Å². The topological polar surface area (TPSA) is 93.0 Å². The van der Waals surface area contributed by atoms with Crippen molar-refractivity contribution in [2.24, 2.45) is 0 Å². The highest BCUT2D eigenvalue weighted by Gasteiger charge is 2.43. The van der Waals surface area contributed by atoms with Crippen LogP contribution in [0.25, 0.3) is 0 Å². The molecule has 1 aliphatic heterocycles. The minimum atomic E-state index is -4.92. The Kier molecular flexibility index (Phi) is 5.08. The van der Waals surface area contributed by atoms with Crippen molar-refractivity contribution in [3.05, 3.63) is 29.0 Å². The quantitative estimate of drug-likeness (QED) is 0.666. The maximum absolute atomic E-state index is 12.5. The third-order valence-electron chi connectivity index (χ3n) is 3.47. The van der Waals surface area contributed by atoms with Crippen LogP contribution in [0, 0.1) is 16.5 Å². The number of alkyl halides is 3. The van der Waals surface area contributed by atoms with Gasteiger partial charge in [-0.25, -0.2) is 0 Å². The highest BCUT2D eigenvalue weighted by Crippen LogP contribution is 2.27. The molecule has 0 spiro atoms. The fourth-order valence-electron chi connectivity index (χ4n) is 2.38. The maximum Gasteiger partial charge on any atom is 0.471 e. The van der Waals surface area contributed by atoms with E-state index in [-0.39, 0.29) is 30.1 Å². The molecule has 1 fully saturated rings. The fourth-order valence-corrected chi connectivity index (χ4v) is 2.38. The van der Waals surface area contributed by atoms with Gasteiger partial charge in [-0.3, -0.25) is 4.79 Å². The summed E-state index contributed by atoms with van der Waals surface area (Å²) in [7, 11) is 0. The Bertz CT molecular complexity index is 628. The molecule has 0 bridgehead atoms. The summed E-state index contributed by atoms with van der Waals surface area (Å²) in [6.07, 6.45) is -4.77. The number of rotatable bonds is 3. The van der Waals surface area contributed by atoms with Crippen molar-refractivity contribution in [2.75, 3.05) is 13.1 Å². The van der Waals surface area contributed by atoms with Gasteiger partial charge < -0.3 is 20.3 Å². The lowest BCUT2D eigenvalue weighted by atomic mass is 10.1. The van der Waals surface area contributed by atoms with E-state index in [1.165, 1.54) is 18.2 Å². The molecule has 0 unspecified atom stereocenters. The molecule has 0 aliphatic carbocycles. The van der Waals surface area contributed by atoms with Crippen LogP contribution < -0.4 is 10.2 Å². The van der Waals surface area contributed by atoms with Gasteiger partial charge in [-0.05, 0) is 18.9 Å². The van der Waals surface area contributed by atoms with Crippen LogP contribution in [0.3, 0.4) is 0 Å². The lowest BCUT2D eigenvalue weighted by Crippen LogP contribution is -2.70. The number of benzene rings is 1. The lowest BCUT2D eigenvalue weighted by molar-refractivity contribution is -0.498. The van der Waals surface area contributed by atoms with Crippen LogP contribution in [0.15, 0.2) is 18.2 Å². The van der Waals surface area contributed by atoms with Crippen molar-refractivity contribution < 1.29 is 28.2 Å². The summed E-state index contributed by atoms with van der Waals surface area (Å²) in [4.78, 5) is 12.0. The van der Waals surface area contributed by atoms with Crippen LogP contribution in [-0.2, 0) is 4.79 Å². The van der Waals surface area contributed by atoms with Crippen molar-refractivity contribution in [3.8, 4) is 11.8 Å². The predicted molar refractivity (Wildman–Crippen MR) is 72.4 cm³/mol. The van der Waals surface area contributed by atoms with E-state index < -0.39 is 18.2 Å². The average molecular weight is 329 g/mol. The third kappa shape index (κ3) is 4.12. The molecule has 0 radical (unpaired) electrons. The van der Waals surface area contributed by atoms with Gasteiger partial charge in [-0.2, -0.15) is 18.4 Å². The van der Waals surface area contributed by atoms with Crippen molar-refractivity contribution >= 4 is 11.6 Å². The second kappa shape index (κ2) is 6.85. The van der Waals surface area contributed by atoms with Gasteiger partial charge in [0.1, 0.15) is 6.10 Å². The molecule has 1 saturated heterocycles. The number of ether oxygens (including phenoxy) is 1. The number of nitrogens with zero attached hydrogens (tertiary/aromatic N) is 2. The van der Waals surface area contributed by atoms with Gasteiger partial charge in [0.15, 0.2) is 11.4 Å². The van der Waals surface area contributed by atoms with E-state index in [9.17, 15) is 23.2 Å². The summed E-state index contributed by atoms with van der Waals surface area (Å²) >= 11 is 0. The predicted octanol–water partition coefficient (Wildman–Crippen LogP) is 1.18. The van der Waals surface area contributed by atoms with Crippen LogP contribution in [0.2, 0.25) is 0 Å². The number of hydrogen-bond donors (Lipinski definition) is 1. The molecule has 6 nitrogen and oxygen atoms in total. The molecule has 9 heteroatoms. The van der Waals surface area contributed by atoms with E-state index in [2.05, 4.69) is 0 Å². The summed E-state index contributed by atoms with van der Waals surface area (Å²) in [6, 6.07) is 6.10. The number of carbonyl (C=O) groups excluding carboxylic acids is 1. The first-order valence-corrected chi connectivity index (χ1v) is 6.87. The molecule has 2 N–H and O–H groups in total. The van der Waals surface area contributed by atoms with Crippen molar-refractivity contribution in [2.45, 2.75) is 25.1 Å². The van der Waals surface area contributed by atoms with Gasteiger partial charge in [0.25, 0.3) is 0 Å². The molecule has 23 heavy (non-hydrogen) atoms. The Morgan fingerprint density at radius 1 is 1.48 bits per heavy atom. The SMILES string of the molecule is N#Cc1ccc([NH2+][O-])c(O[C@H]2CCCN(C(=O)C(F)(F)F)C2)c1. The Labute approximate surface area is 130 Å². The van der Waals surface area contributed by atoms with E-state index in [1.54, 1.807) is 0 Å². The molecule has 1 amide bonds. The minimum absolute atomic E-state index is 0.0109. The minimum Gasteiger partial charge on any atom is -0.630 e. The number of piperidine rings is 1. The zero-order chi connectivity index (χ0) is 17.0. The zero-order valence-corrected chi connectivity index (χ0v) is 12.0. The Hall–Kier alpha value is -2.31. The lowest BCUT2D eigenvalue weighted by Gasteiger charge is -2.33. The van der Waals surface area contributed by atoms with Gasteiger partial charge in [0.2, 0.25) is 0 Å². The van der Waals surface area contributed by atoms with E-state index in [0.717, 1.165) is 0 Å². The van der Waals surface area contributed by atoms with Crippen LogP contribution in [0.1, 0.15) is 18.4 Å². The standard InChI is InChI=1S/C14H14F3N3O3/c15-14(16,17)13(21)20-5-1-2-10(8-20)23-12-6-9(7-18)3-4-11(12)19-22/h3-4,6,10H,1-2,5,8,19H2/t10-/m0/s1. The molecule has 124 valence electrons. The number of hydrogen-bond acceptors (Lipinski definition) is 4. The van der Waals surface area contributed by atoms with E-state index in [4.69, 9.17) is 10.00 Å². The van der Waals surface area contributed by atoms with Crippen LogP contribution in [-0.4, -0.2) is 36.2 Å². The number of carbonyl (C=O) groups is 1. The molecule has 0 aromatic heterocycles. The smallest absolute Gasteiger partial charge is 0.471 e. The van der Waals surface area contributed by atoms with Crippen molar-refractivity contribution in [3.63, 3.8) is 0 Å². The van der Waals surface area contributed by atoms with Crippen molar-refractivity contribution in [1.29, 1.82) is 5.26 Å². The Morgan fingerprint density at radius 2 is 2.22 bits per heavy atom. The van der Waals surface area contributed by atoms with Crippen LogP contribution in [0.4, 0.5) is 18.9 Å². The first-order valence-electron chi connectivity index (χ1n) is 6.87. The van der Waals surface area contributed by atoms with Gasteiger partial charge >= 0.3 is 12.1 Å². The summed E-state index contributed by atoms with van der Waals surface area (Å²) in [5, 5.41) is 19.9. The highest BCUT2D eigenvalue weighted by atomic mass is 19.4. The van der Waals surface area contributed by atoms with Gasteiger partial charge in [-0.1, -0.05) is 0 Å². The van der Waals surface area contributed by atoms with Gasteiger partial charge in [0, 0.05) is 18.7 Å². The Morgan fingerprint density at radius 3 is 2.83 bits per heavy atom. The first-order chi connectivity index (χ1) is 10.8. The number of amides is 1. The van der Waals surface area contributed by atoms with Gasteiger partial charge in [-0.15, -0.1) is 0 Å². The highest BCUT2D eigenvalue weighted by molar-refractivity contribution is 5.82. The number of nitriles is 1. The van der Waals surface area contributed by atoms with Crippen LogP contribution >= 0.6 is 0 Å². The number of quaternary nitrogens is 1.